The number of hydrogen-bond acceptors (Lipinski definition) is 2. The molecule has 94 valence electrons. The Hall–Kier alpha value is -0.640. The summed E-state index contributed by atoms with van der Waals surface area (Å²) in [5, 5.41) is 3.02. The summed E-state index contributed by atoms with van der Waals surface area (Å²) in [5.41, 5.74) is 5.60. The molecule has 0 saturated carbocycles. The van der Waals surface area contributed by atoms with Crippen LogP contribution in [-0.2, 0) is 4.79 Å². The number of hydrogen-bond donors (Lipinski definition) is 2. The van der Waals surface area contributed by atoms with Crippen molar-refractivity contribution in [3.63, 3.8) is 0 Å². The fourth-order valence-corrected chi connectivity index (χ4v) is 2.15. The summed E-state index contributed by atoms with van der Waals surface area (Å²) < 4.78 is 0. The largest absolute Gasteiger partial charge is 0.393 e. The van der Waals surface area contributed by atoms with Crippen molar-refractivity contribution in [1.29, 1.82) is 0 Å². The van der Waals surface area contributed by atoms with Crippen molar-refractivity contribution < 1.29 is 4.79 Å². The first-order valence-electron chi connectivity index (χ1n) is 5.90. The molecule has 2 atom stereocenters. The van der Waals surface area contributed by atoms with Crippen LogP contribution >= 0.6 is 12.2 Å². The molecule has 3 N–H and O–H groups in total. The first-order valence-corrected chi connectivity index (χ1v) is 6.31. The molecule has 0 aromatic heterocycles. The van der Waals surface area contributed by atoms with Gasteiger partial charge < -0.3 is 11.1 Å². The lowest BCUT2D eigenvalue weighted by Crippen LogP contribution is -2.46. The van der Waals surface area contributed by atoms with Crippen molar-refractivity contribution in [2.75, 3.05) is 0 Å². The van der Waals surface area contributed by atoms with Crippen LogP contribution in [0.15, 0.2) is 0 Å². The van der Waals surface area contributed by atoms with E-state index in [2.05, 4.69) is 26.1 Å². The third-order valence-electron chi connectivity index (χ3n) is 2.83. The topological polar surface area (TPSA) is 55.1 Å². The first kappa shape index (κ1) is 15.4. The maximum absolute atomic E-state index is 12.0. The molecule has 3 nitrogen and oxygen atoms in total. The van der Waals surface area contributed by atoms with Gasteiger partial charge >= 0.3 is 0 Å². The van der Waals surface area contributed by atoms with Gasteiger partial charge in [-0.2, -0.15) is 0 Å². The minimum atomic E-state index is -0.359. The summed E-state index contributed by atoms with van der Waals surface area (Å²) in [6.45, 7) is 10.2. The summed E-state index contributed by atoms with van der Waals surface area (Å²) in [5.74, 6) is 0.168. The highest BCUT2D eigenvalue weighted by Crippen LogP contribution is 2.13. The molecule has 0 radical (unpaired) electrons. The van der Waals surface area contributed by atoms with E-state index in [0.717, 1.165) is 6.42 Å². The summed E-state index contributed by atoms with van der Waals surface area (Å²) in [6, 6.07) is 0.197. The predicted octanol–water partition coefficient (Wildman–Crippen LogP) is 2.10. The second-order valence-electron chi connectivity index (χ2n) is 4.89. The number of nitrogens with one attached hydrogen (secondary N) is 1. The van der Waals surface area contributed by atoms with Gasteiger partial charge in [-0.1, -0.05) is 46.8 Å². The van der Waals surface area contributed by atoms with Gasteiger partial charge in [0.2, 0.25) is 5.91 Å². The van der Waals surface area contributed by atoms with Crippen molar-refractivity contribution in [2.24, 2.45) is 23.5 Å². The van der Waals surface area contributed by atoms with Crippen LogP contribution in [0.4, 0.5) is 0 Å². The molecule has 2 unspecified atom stereocenters. The van der Waals surface area contributed by atoms with Gasteiger partial charge in [0, 0.05) is 6.04 Å². The molecule has 4 heteroatoms. The second-order valence-corrected chi connectivity index (χ2v) is 5.36. The third kappa shape index (κ3) is 4.47. The Balaban J connectivity index is 4.58. The Labute approximate surface area is 104 Å². The number of carbonyl (C=O) groups excluding carboxylic acids is 1. The average molecular weight is 244 g/mol. The minimum absolute atomic E-state index is 0.0388. The number of nitrogens with two attached hydrogens (primary N) is 1. The van der Waals surface area contributed by atoms with E-state index in [1.807, 2.05) is 13.8 Å². The molecular formula is C12H24N2OS. The molecule has 0 fully saturated rings. The molecule has 16 heavy (non-hydrogen) atoms. The van der Waals surface area contributed by atoms with Crippen LogP contribution in [-0.4, -0.2) is 16.9 Å². The summed E-state index contributed by atoms with van der Waals surface area (Å²) in [6.07, 6.45) is 0.922. The predicted molar refractivity (Wildman–Crippen MR) is 72.2 cm³/mol. The van der Waals surface area contributed by atoms with E-state index >= 15 is 0 Å². The van der Waals surface area contributed by atoms with Crippen LogP contribution in [0, 0.1) is 17.8 Å². The highest BCUT2D eigenvalue weighted by molar-refractivity contribution is 7.80. The Morgan fingerprint density at radius 3 is 2.00 bits per heavy atom. The highest BCUT2D eigenvalue weighted by Gasteiger charge is 2.27. The lowest BCUT2D eigenvalue weighted by Gasteiger charge is -2.25. The van der Waals surface area contributed by atoms with Crippen LogP contribution in [0.1, 0.15) is 41.0 Å². The van der Waals surface area contributed by atoms with Gasteiger partial charge in [-0.3, -0.25) is 4.79 Å². The molecule has 0 spiro atoms. The van der Waals surface area contributed by atoms with Crippen LogP contribution in [0.3, 0.4) is 0 Å². The zero-order valence-corrected chi connectivity index (χ0v) is 11.7. The second kappa shape index (κ2) is 6.84. The normalized spacial score (nSPS) is 14.9. The quantitative estimate of drug-likeness (QED) is 0.704. The van der Waals surface area contributed by atoms with Gasteiger partial charge in [0.05, 0.1) is 10.9 Å². The van der Waals surface area contributed by atoms with Crippen molar-refractivity contribution in [3.05, 3.63) is 0 Å². The monoisotopic (exact) mass is 244 g/mol. The molecule has 0 aliphatic heterocycles. The summed E-state index contributed by atoms with van der Waals surface area (Å²) in [7, 11) is 0. The van der Waals surface area contributed by atoms with E-state index in [1.165, 1.54) is 0 Å². The van der Waals surface area contributed by atoms with Crippen molar-refractivity contribution in [2.45, 2.75) is 47.1 Å². The van der Waals surface area contributed by atoms with Gasteiger partial charge in [0.15, 0.2) is 0 Å². The number of carbonyl (C=O) groups is 1. The van der Waals surface area contributed by atoms with Crippen LogP contribution in [0.5, 0.6) is 0 Å². The van der Waals surface area contributed by atoms with Crippen LogP contribution < -0.4 is 11.1 Å². The van der Waals surface area contributed by atoms with Gasteiger partial charge in [0.1, 0.15) is 0 Å². The molecule has 0 saturated heterocycles. The van der Waals surface area contributed by atoms with Gasteiger partial charge in [-0.15, -0.1) is 0 Å². The lowest BCUT2D eigenvalue weighted by atomic mass is 9.93. The molecule has 0 aromatic rings. The molecule has 1 amide bonds. The summed E-state index contributed by atoms with van der Waals surface area (Å²) >= 11 is 4.94. The van der Waals surface area contributed by atoms with Crippen molar-refractivity contribution in [1.82, 2.24) is 5.32 Å². The fraction of sp³-hybridized carbons (Fsp3) is 0.833. The Morgan fingerprint density at radius 2 is 1.75 bits per heavy atom. The van der Waals surface area contributed by atoms with E-state index in [-0.39, 0.29) is 28.8 Å². The Kier molecular flexibility index (Phi) is 6.56. The molecular weight excluding hydrogens is 220 g/mol. The number of thiocarbonyl (C=S) groups is 1. The zero-order valence-electron chi connectivity index (χ0n) is 10.9. The zero-order chi connectivity index (χ0) is 12.9. The minimum Gasteiger partial charge on any atom is -0.393 e. The average Bonchev–Trinajstić information content (AvgIpc) is 2.12. The maximum Gasteiger partial charge on any atom is 0.230 e. The molecule has 0 bridgehead atoms. The van der Waals surface area contributed by atoms with Gasteiger partial charge in [0.25, 0.3) is 0 Å². The lowest BCUT2D eigenvalue weighted by molar-refractivity contribution is -0.125. The van der Waals surface area contributed by atoms with E-state index in [9.17, 15) is 4.79 Å². The highest BCUT2D eigenvalue weighted by atomic mass is 32.1. The Morgan fingerprint density at radius 1 is 1.25 bits per heavy atom. The van der Waals surface area contributed by atoms with Crippen LogP contribution in [0.2, 0.25) is 0 Å². The van der Waals surface area contributed by atoms with Crippen molar-refractivity contribution in [3.8, 4) is 0 Å². The number of rotatable bonds is 6. The molecule has 0 aromatic carbocycles. The van der Waals surface area contributed by atoms with Crippen LogP contribution in [0.25, 0.3) is 0 Å². The molecule has 0 heterocycles. The smallest absolute Gasteiger partial charge is 0.230 e. The maximum atomic E-state index is 12.0. The Bertz CT molecular complexity index is 251. The van der Waals surface area contributed by atoms with E-state index in [1.54, 1.807) is 0 Å². The van der Waals surface area contributed by atoms with Gasteiger partial charge in [-0.05, 0) is 18.3 Å². The first-order chi connectivity index (χ1) is 7.31. The standard InChI is InChI=1S/C12H24N2OS/c1-6-9(7(2)3)14-12(15)10(8(4)5)11(13)16/h7-10H,6H2,1-5H3,(H2,13,16)(H,14,15). The van der Waals surface area contributed by atoms with E-state index in [4.69, 9.17) is 18.0 Å². The number of amides is 1. The van der Waals surface area contributed by atoms with E-state index in [0.29, 0.717) is 5.92 Å². The molecule has 0 aliphatic rings. The molecule has 0 aliphatic carbocycles. The van der Waals surface area contributed by atoms with E-state index < -0.39 is 0 Å². The fourth-order valence-electron chi connectivity index (χ4n) is 1.77. The van der Waals surface area contributed by atoms with Gasteiger partial charge in [-0.25, -0.2) is 0 Å². The SMILES string of the molecule is CCC(NC(=O)C(C(N)=S)C(C)C)C(C)C. The van der Waals surface area contributed by atoms with Crippen molar-refractivity contribution >= 4 is 23.1 Å². The third-order valence-corrected chi connectivity index (χ3v) is 3.08. The summed E-state index contributed by atoms with van der Waals surface area (Å²) in [4.78, 5) is 12.3. The molecule has 0 rings (SSSR count).